The first kappa shape index (κ1) is 8.39. The molecule has 0 radical (unpaired) electrons. The van der Waals surface area contributed by atoms with Crippen LogP contribution >= 0.6 is 0 Å². The maximum absolute atomic E-state index is 11.7. The van der Waals surface area contributed by atoms with E-state index in [9.17, 15) is 4.39 Å². The third-order valence-electron chi connectivity index (χ3n) is 1.20. The molecule has 0 aliphatic heterocycles. The summed E-state index contributed by atoms with van der Waals surface area (Å²) in [7, 11) is 0. The maximum atomic E-state index is 11.7. The number of nitrogens with one attached hydrogen (secondary N) is 1. The van der Waals surface area contributed by atoms with Crippen LogP contribution in [0.3, 0.4) is 0 Å². The molecule has 1 rings (SSSR count). The highest BCUT2D eigenvalue weighted by atomic mass is 19.1. The first-order valence-electron chi connectivity index (χ1n) is 3.33. The van der Waals surface area contributed by atoms with E-state index >= 15 is 0 Å². The molecular weight excluding hydrogens is 157 g/mol. The molecule has 4 heteroatoms. The van der Waals surface area contributed by atoms with E-state index in [2.05, 4.69) is 21.5 Å². The van der Waals surface area contributed by atoms with Crippen LogP contribution in [0, 0.1) is 0 Å². The zero-order valence-electron chi connectivity index (χ0n) is 6.37. The summed E-state index contributed by atoms with van der Waals surface area (Å²) in [6.07, 6.45) is 6.29. The molecule has 0 spiro atoms. The highest BCUT2D eigenvalue weighted by Crippen LogP contribution is 2.09. The molecule has 0 atom stereocenters. The zero-order chi connectivity index (χ0) is 8.81. The van der Waals surface area contributed by atoms with Gasteiger partial charge in [0.15, 0.2) is 12.3 Å². The van der Waals surface area contributed by atoms with Crippen LogP contribution in [-0.4, -0.2) is 16.4 Å². The number of H-pyrrole nitrogens is 1. The van der Waals surface area contributed by atoms with Crippen molar-refractivity contribution in [2.24, 2.45) is 4.99 Å². The summed E-state index contributed by atoms with van der Waals surface area (Å²) in [5.74, 6) is 0.517. The average molecular weight is 165 g/mol. The van der Waals surface area contributed by atoms with Crippen LogP contribution < -0.4 is 0 Å². The van der Waals surface area contributed by atoms with E-state index in [0.29, 0.717) is 11.5 Å². The third kappa shape index (κ3) is 1.88. The molecule has 12 heavy (non-hydrogen) atoms. The second-order valence-electron chi connectivity index (χ2n) is 1.95. The van der Waals surface area contributed by atoms with Crippen molar-refractivity contribution in [1.82, 2.24) is 9.97 Å². The van der Waals surface area contributed by atoms with Gasteiger partial charge in [-0.05, 0) is 6.08 Å². The molecule has 0 aliphatic rings. The minimum Gasteiger partial charge on any atom is -0.343 e. The fraction of sp³-hybridized carbons (Fsp3) is 0. The van der Waals surface area contributed by atoms with Gasteiger partial charge in [0.05, 0.1) is 0 Å². The van der Waals surface area contributed by atoms with Gasteiger partial charge in [-0.2, -0.15) is 4.39 Å². The van der Waals surface area contributed by atoms with E-state index in [1.54, 1.807) is 18.5 Å². The lowest BCUT2D eigenvalue weighted by molar-refractivity contribution is 0.841. The lowest BCUT2D eigenvalue weighted by Crippen LogP contribution is -1.83. The molecule has 3 nitrogen and oxygen atoms in total. The van der Waals surface area contributed by atoms with E-state index in [4.69, 9.17) is 0 Å². The quantitative estimate of drug-likeness (QED) is 0.539. The Labute approximate surface area is 69.4 Å². The first-order valence-corrected chi connectivity index (χ1v) is 3.33. The summed E-state index contributed by atoms with van der Waals surface area (Å²) in [5.41, 5.74) is 0.414. The summed E-state index contributed by atoms with van der Waals surface area (Å²) in [6, 6.07) is 0. The third-order valence-corrected chi connectivity index (χ3v) is 1.20. The molecule has 0 aromatic carbocycles. The van der Waals surface area contributed by atoms with E-state index in [1.165, 1.54) is 6.08 Å². The Morgan fingerprint density at radius 2 is 2.58 bits per heavy atom. The topological polar surface area (TPSA) is 41.0 Å². The largest absolute Gasteiger partial charge is 0.343 e. The van der Waals surface area contributed by atoms with Crippen molar-refractivity contribution in [3.05, 3.63) is 36.9 Å². The molecule has 0 unspecified atom stereocenters. The normalized spacial score (nSPS) is 12.2. The van der Waals surface area contributed by atoms with Crippen molar-refractivity contribution < 1.29 is 4.39 Å². The van der Waals surface area contributed by atoms with Gasteiger partial charge in [-0.3, -0.25) is 0 Å². The molecule has 0 saturated heterocycles. The zero-order valence-corrected chi connectivity index (χ0v) is 6.37. The minimum absolute atomic E-state index is 0.220. The van der Waals surface area contributed by atoms with Gasteiger partial charge in [0.25, 0.3) is 0 Å². The van der Waals surface area contributed by atoms with E-state index in [-0.39, 0.29) is 6.47 Å². The Bertz CT molecular complexity index is 298. The smallest absolute Gasteiger partial charge is 0.176 e. The molecule has 1 N–H and O–H groups in total. The molecule has 62 valence electrons. The van der Waals surface area contributed by atoms with Gasteiger partial charge in [-0.1, -0.05) is 12.7 Å². The Hall–Kier alpha value is -1.71. The van der Waals surface area contributed by atoms with Gasteiger partial charge in [-0.25, -0.2) is 9.98 Å². The van der Waals surface area contributed by atoms with Gasteiger partial charge in [0.1, 0.15) is 5.70 Å². The standard InChI is InChI=1S/C8H8FN3/c1-2-3-7(12-6-9)8-10-4-5-11-8/h2-6H,1H2,(H,10,11)/b7-3-,12-6?. The summed E-state index contributed by atoms with van der Waals surface area (Å²) < 4.78 is 11.7. The Balaban J connectivity index is 2.95. The first-order chi connectivity index (χ1) is 5.88. The molecular formula is C8H8FN3. The molecule has 1 aromatic rings. The highest BCUT2D eigenvalue weighted by molar-refractivity contribution is 5.67. The fourth-order valence-corrected chi connectivity index (χ4v) is 0.753. The molecule has 0 fully saturated rings. The number of nitrogens with zero attached hydrogens (tertiary/aromatic N) is 2. The van der Waals surface area contributed by atoms with Crippen molar-refractivity contribution in [3.8, 4) is 0 Å². The number of hydrogen-bond acceptors (Lipinski definition) is 2. The van der Waals surface area contributed by atoms with Crippen LogP contribution in [0.2, 0.25) is 0 Å². The number of halogens is 1. The molecule has 1 heterocycles. The summed E-state index contributed by atoms with van der Waals surface area (Å²) in [6.45, 7) is 3.70. The fourth-order valence-electron chi connectivity index (χ4n) is 0.753. The number of aliphatic imine (C=N–C) groups is 1. The van der Waals surface area contributed by atoms with Crippen LogP contribution in [0.25, 0.3) is 5.70 Å². The lowest BCUT2D eigenvalue weighted by Gasteiger charge is -1.92. The van der Waals surface area contributed by atoms with Gasteiger partial charge in [0, 0.05) is 12.4 Å². The van der Waals surface area contributed by atoms with Gasteiger partial charge in [-0.15, -0.1) is 0 Å². The highest BCUT2D eigenvalue weighted by Gasteiger charge is 1.98. The van der Waals surface area contributed by atoms with Gasteiger partial charge >= 0.3 is 0 Å². The lowest BCUT2D eigenvalue weighted by atomic mass is 10.4. The molecule has 0 aliphatic carbocycles. The van der Waals surface area contributed by atoms with Gasteiger partial charge < -0.3 is 4.98 Å². The maximum Gasteiger partial charge on any atom is 0.176 e. The molecule has 0 bridgehead atoms. The van der Waals surface area contributed by atoms with Crippen molar-refractivity contribution in [1.29, 1.82) is 0 Å². The van der Waals surface area contributed by atoms with Crippen LogP contribution in [0.5, 0.6) is 0 Å². The van der Waals surface area contributed by atoms with Crippen LogP contribution in [0.4, 0.5) is 4.39 Å². The number of imidazole rings is 1. The van der Waals surface area contributed by atoms with Gasteiger partial charge in [0.2, 0.25) is 0 Å². The molecule has 1 aromatic heterocycles. The number of aromatic nitrogens is 2. The number of hydrogen-bond donors (Lipinski definition) is 1. The van der Waals surface area contributed by atoms with Crippen molar-refractivity contribution in [2.45, 2.75) is 0 Å². The van der Waals surface area contributed by atoms with Crippen LogP contribution in [-0.2, 0) is 0 Å². The van der Waals surface area contributed by atoms with Crippen molar-refractivity contribution >= 4 is 12.2 Å². The average Bonchev–Trinajstić information content (AvgIpc) is 2.56. The van der Waals surface area contributed by atoms with Crippen molar-refractivity contribution in [2.75, 3.05) is 0 Å². The second kappa shape index (κ2) is 4.23. The Morgan fingerprint density at radius 3 is 3.08 bits per heavy atom. The Kier molecular flexibility index (Phi) is 2.95. The van der Waals surface area contributed by atoms with Crippen LogP contribution in [0.15, 0.2) is 36.1 Å². The summed E-state index contributed by atoms with van der Waals surface area (Å²) in [5, 5.41) is 0. The predicted molar refractivity (Wildman–Crippen MR) is 46.4 cm³/mol. The monoisotopic (exact) mass is 165 g/mol. The summed E-state index contributed by atoms with van der Waals surface area (Å²) in [4.78, 5) is 10.2. The minimum atomic E-state index is 0.220. The number of aromatic amines is 1. The van der Waals surface area contributed by atoms with Crippen molar-refractivity contribution in [3.63, 3.8) is 0 Å². The summed E-state index contributed by atoms with van der Waals surface area (Å²) >= 11 is 0. The number of rotatable bonds is 3. The molecule has 0 saturated carbocycles. The van der Waals surface area contributed by atoms with E-state index in [1.807, 2.05) is 0 Å². The second-order valence-corrected chi connectivity index (χ2v) is 1.95. The van der Waals surface area contributed by atoms with E-state index < -0.39 is 0 Å². The Morgan fingerprint density at radius 1 is 1.75 bits per heavy atom. The van der Waals surface area contributed by atoms with E-state index in [0.717, 1.165) is 0 Å². The SMILES string of the molecule is C=C/C=C(\N=CF)c1ncc[nH]1. The number of allylic oxidation sites excluding steroid dienone is 2. The molecule has 0 amide bonds. The predicted octanol–water partition coefficient (Wildman–Crippen LogP) is 1.93. The van der Waals surface area contributed by atoms with Crippen LogP contribution in [0.1, 0.15) is 5.82 Å².